The van der Waals surface area contributed by atoms with Crippen LogP contribution in [0.15, 0.2) is 48.5 Å². The van der Waals surface area contributed by atoms with Gasteiger partial charge in [-0.15, -0.1) is 0 Å². The molecule has 0 bridgehead atoms. The number of halogens is 1. The van der Waals surface area contributed by atoms with Crippen LogP contribution in [-0.4, -0.2) is 29.1 Å². The first-order valence-electron chi connectivity index (χ1n) is 9.96. The van der Waals surface area contributed by atoms with Crippen molar-refractivity contribution in [2.45, 2.75) is 13.8 Å². The van der Waals surface area contributed by atoms with Crippen molar-refractivity contribution < 1.29 is 14.3 Å². The molecule has 0 unspecified atom stereocenters. The molecule has 2 heterocycles. The normalized spacial score (nSPS) is 12.7. The van der Waals surface area contributed by atoms with Crippen LogP contribution in [0, 0.1) is 13.8 Å². The Morgan fingerprint density at radius 2 is 1.81 bits per heavy atom. The molecule has 1 aliphatic heterocycles. The van der Waals surface area contributed by atoms with Crippen molar-refractivity contribution in [3.63, 3.8) is 0 Å². The van der Waals surface area contributed by atoms with E-state index in [-0.39, 0.29) is 5.91 Å². The number of carbonyl (C=O) groups excluding carboxylic acids is 1. The molecular formula is C24H20ClN3O3. The lowest BCUT2D eigenvalue weighted by atomic mass is 10.1. The molecular weight excluding hydrogens is 414 g/mol. The monoisotopic (exact) mass is 433 g/mol. The van der Waals surface area contributed by atoms with Crippen LogP contribution in [-0.2, 0) is 0 Å². The molecule has 0 spiro atoms. The Labute approximate surface area is 184 Å². The van der Waals surface area contributed by atoms with E-state index in [1.165, 1.54) is 0 Å². The topological polar surface area (TPSA) is 76.2 Å². The van der Waals surface area contributed by atoms with Crippen LogP contribution in [0.4, 0.5) is 5.69 Å². The molecule has 156 valence electrons. The third-order valence-corrected chi connectivity index (χ3v) is 5.72. The maximum Gasteiger partial charge on any atom is 0.255 e. The van der Waals surface area contributed by atoms with Gasteiger partial charge in [0.25, 0.3) is 5.91 Å². The van der Waals surface area contributed by atoms with Gasteiger partial charge in [-0.25, -0.2) is 4.98 Å². The molecule has 5 rings (SSSR count). The lowest BCUT2D eigenvalue weighted by Gasteiger charge is -2.18. The van der Waals surface area contributed by atoms with Crippen LogP contribution in [0.3, 0.4) is 0 Å². The van der Waals surface area contributed by atoms with Gasteiger partial charge < -0.3 is 19.8 Å². The van der Waals surface area contributed by atoms with E-state index in [1.54, 1.807) is 18.2 Å². The summed E-state index contributed by atoms with van der Waals surface area (Å²) in [5.41, 5.74) is 5.82. The number of ether oxygens (including phenoxy) is 2. The summed E-state index contributed by atoms with van der Waals surface area (Å²) in [4.78, 5) is 20.8. The number of imidazole rings is 1. The lowest BCUT2D eigenvalue weighted by Crippen LogP contribution is -2.17. The highest BCUT2D eigenvalue weighted by Crippen LogP contribution is 2.32. The second-order valence-corrected chi connectivity index (χ2v) is 7.95. The first kappa shape index (κ1) is 19.5. The molecule has 1 aromatic heterocycles. The summed E-state index contributed by atoms with van der Waals surface area (Å²) in [5, 5.41) is 3.65. The first-order valence-corrected chi connectivity index (χ1v) is 10.3. The number of aromatic amines is 1. The Hall–Kier alpha value is -3.51. The summed E-state index contributed by atoms with van der Waals surface area (Å²) in [7, 11) is 0. The Balaban J connectivity index is 1.44. The number of amides is 1. The maximum atomic E-state index is 12.8. The second-order valence-electron chi connectivity index (χ2n) is 7.55. The number of rotatable bonds is 3. The number of H-pyrrole nitrogens is 1. The number of anilines is 1. The van der Waals surface area contributed by atoms with E-state index in [2.05, 4.69) is 10.3 Å². The van der Waals surface area contributed by atoms with E-state index in [9.17, 15) is 4.79 Å². The van der Waals surface area contributed by atoms with Crippen molar-refractivity contribution in [2.75, 3.05) is 18.5 Å². The number of aromatic nitrogens is 2. The van der Waals surface area contributed by atoms with Crippen molar-refractivity contribution in [2.24, 2.45) is 0 Å². The second kappa shape index (κ2) is 7.63. The van der Waals surface area contributed by atoms with Crippen LogP contribution >= 0.6 is 11.6 Å². The Morgan fingerprint density at radius 3 is 2.65 bits per heavy atom. The van der Waals surface area contributed by atoms with E-state index in [1.807, 2.05) is 44.2 Å². The summed E-state index contributed by atoms with van der Waals surface area (Å²) >= 11 is 6.25. The number of hydrogen-bond donors (Lipinski definition) is 2. The van der Waals surface area contributed by atoms with Gasteiger partial charge in [-0.2, -0.15) is 0 Å². The van der Waals surface area contributed by atoms with E-state index >= 15 is 0 Å². The summed E-state index contributed by atoms with van der Waals surface area (Å²) < 4.78 is 11.1. The van der Waals surface area contributed by atoms with Gasteiger partial charge >= 0.3 is 0 Å². The minimum absolute atomic E-state index is 0.223. The molecule has 4 aromatic rings. The molecule has 6 nitrogen and oxygen atoms in total. The fraction of sp³-hybridized carbons (Fsp3) is 0.167. The van der Waals surface area contributed by atoms with Crippen LogP contribution in [0.5, 0.6) is 11.5 Å². The number of benzene rings is 3. The Bertz CT molecular complexity index is 1290. The highest BCUT2D eigenvalue weighted by Gasteiger charge is 2.16. The molecule has 0 saturated carbocycles. The van der Waals surface area contributed by atoms with Gasteiger partial charge in [0.05, 0.1) is 11.0 Å². The molecule has 0 radical (unpaired) electrons. The number of fused-ring (bicyclic) bond motifs is 2. The number of carbonyl (C=O) groups is 1. The highest BCUT2D eigenvalue weighted by molar-refractivity contribution is 6.32. The van der Waals surface area contributed by atoms with E-state index in [4.69, 9.17) is 26.1 Å². The fourth-order valence-corrected chi connectivity index (χ4v) is 3.77. The van der Waals surface area contributed by atoms with Crippen molar-refractivity contribution >= 4 is 34.2 Å². The molecule has 0 atom stereocenters. The zero-order chi connectivity index (χ0) is 21.5. The average molecular weight is 434 g/mol. The zero-order valence-electron chi connectivity index (χ0n) is 17.1. The molecule has 3 aromatic carbocycles. The number of nitrogens with zero attached hydrogens (tertiary/aromatic N) is 1. The van der Waals surface area contributed by atoms with Crippen LogP contribution in [0.25, 0.3) is 22.4 Å². The summed E-state index contributed by atoms with van der Waals surface area (Å²) in [6.45, 7) is 4.95. The van der Waals surface area contributed by atoms with Gasteiger partial charge in [-0.3, -0.25) is 4.79 Å². The Kier molecular flexibility index (Phi) is 4.79. The van der Waals surface area contributed by atoms with E-state index < -0.39 is 0 Å². The minimum atomic E-state index is -0.223. The molecule has 31 heavy (non-hydrogen) atoms. The molecule has 7 heteroatoms. The van der Waals surface area contributed by atoms with Crippen LogP contribution in [0.2, 0.25) is 5.02 Å². The fourth-order valence-electron chi connectivity index (χ4n) is 3.61. The van der Waals surface area contributed by atoms with Crippen molar-refractivity contribution in [1.82, 2.24) is 9.97 Å². The lowest BCUT2D eigenvalue weighted by molar-refractivity contribution is 0.102. The predicted molar refractivity (Wildman–Crippen MR) is 121 cm³/mol. The van der Waals surface area contributed by atoms with Crippen molar-refractivity contribution in [3.05, 3.63) is 70.2 Å². The number of hydrogen-bond acceptors (Lipinski definition) is 4. The molecule has 1 aliphatic rings. The standard InChI is InChI=1S/C24H20ClN3O3/c1-13-3-5-16(26-24(29)15-4-6-21-22(10-15)31-8-7-30-21)11-17(13)23-27-19-9-14(2)18(25)12-20(19)28-23/h3-6,9-12H,7-8H2,1-2H3,(H,26,29)(H,27,28). The smallest absolute Gasteiger partial charge is 0.255 e. The average Bonchev–Trinajstić information content (AvgIpc) is 3.17. The summed E-state index contributed by atoms with van der Waals surface area (Å²) in [6, 6.07) is 14.8. The zero-order valence-corrected chi connectivity index (χ0v) is 17.8. The van der Waals surface area contributed by atoms with E-state index in [0.717, 1.165) is 33.5 Å². The van der Waals surface area contributed by atoms with Crippen LogP contribution < -0.4 is 14.8 Å². The molecule has 2 N–H and O–H groups in total. The van der Waals surface area contributed by atoms with Crippen molar-refractivity contribution in [1.29, 1.82) is 0 Å². The van der Waals surface area contributed by atoms with Crippen LogP contribution in [0.1, 0.15) is 21.5 Å². The molecule has 1 amide bonds. The largest absolute Gasteiger partial charge is 0.486 e. The molecule has 0 fully saturated rings. The van der Waals surface area contributed by atoms with Gasteiger partial charge in [0.1, 0.15) is 19.0 Å². The molecule has 0 aliphatic carbocycles. The minimum Gasteiger partial charge on any atom is -0.486 e. The Morgan fingerprint density at radius 1 is 1.00 bits per heavy atom. The van der Waals surface area contributed by atoms with Gasteiger partial charge in [-0.05, 0) is 67.4 Å². The summed E-state index contributed by atoms with van der Waals surface area (Å²) in [5.74, 6) is 1.74. The SMILES string of the molecule is Cc1cc2nc(-c3cc(NC(=O)c4ccc5c(c4)OCCO5)ccc3C)[nH]c2cc1Cl. The number of nitrogens with one attached hydrogen (secondary N) is 2. The predicted octanol–water partition coefficient (Wildman–Crippen LogP) is 5.52. The van der Waals surface area contributed by atoms with Crippen molar-refractivity contribution in [3.8, 4) is 22.9 Å². The third-order valence-electron chi connectivity index (χ3n) is 5.32. The van der Waals surface area contributed by atoms with Gasteiger partial charge in [0.2, 0.25) is 0 Å². The molecule has 0 saturated heterocycles. The maximum absolute atomic E-state index is 12.8. The highest BCUT2D eigenvalue weighted by atomic mass is 35.5. The number of aryl methyl sites for hydroxylation is 2. The summed E-state index contributed by atoms with van der Waals surface area (Å²) in [6.07, 6.45) is 0. The quantitative estimate of drug-likeness (QED) is 0.445. The van der Waals surface area contributed by atoms with Gasteiger partial charge in [-0.1, -0.05) is 17.7 Å². The first-order chi connectivity index (χ1) is 15.0. The van der Waals surface area contributed by atoms with Gasteiger partial charge in [0.15, 0.2) is 11.5 Å². The third kappa shape index (κ3) is 3.70. The van der Waals surface area contributed by atoms with E-state index in [0.29, 0.717) is 41.0 Å². The van der Waals surface area contributed by atoms with Gasteiger partial charge in [0, 0.05) is 21.8 Å².